The summed E-state index contributed by atoms with van der Waals surface area (Å²) in [6.07, 6.45) is 0.726. The fraction of sp³-hybridized carbons (Fsp3) is 0.909. The monoisotopic (exact) mass is 266 g/mol. The summed E-state index contributed by atoms with van der Waals surface area (Å²) in [7, 11) is 1.96. The maximum Gasteiger partial charge on any atom is 0.309 e. The van der Waals surface area contributed by atoms with Crippen molar-refractivity contribution in [2.45, 2.75) is 13.3 Å². The van der Waals surface area contributed by atoms with Gasteiger partial charge in [-0.3, -0.25) is 9.00 Å². The first-order chi connectivity index (χ1) is 8.11. The molecule has 0 aromatic carbocycles. The highest BCUT2D eigenvalue weighted by molar-refractivity contribution is 7.85. The fourth-order valence-electron chi connectivity index (χ4n) is 1.20. The van der Waals surface area contributed by atoms with Gasteiger partial charge in [0, 0.05) is 36.0 Å². The van der Waals surface area contributed by atoms with Gasteiger partial charge >= 0.3 is 5.97 Å². The lowest BCUT2D eigenvalue weighted by atomic mass is 10.2. The number of carbonyl (C=O) groups excluding carboxylic acids is 1. The van der Waals surface area contributed by atoms with E-state index < -0.39 is 10.8 Å². The summed E-state index contributed by atoms with van der Waals surface area (Å²) in [5, 5.41) is 0. The molecule has 0 spiro atoms. The van der Waals surface area contributed by atoms with Gasteiger partial charge in [-0.25, -0.2) is 0 Å². The molecule has 2 unspecified atom stereocenters. The lowest BCUT2D eigenvalue weighted by Crippen LogP contribution is -2.21. The van der Waals surface area contributed by atoms with Crippen molar-refractivity contribution >= 4 is 16.8 Å². The maximum absolute atomic E-state index is 11.6. The molecule has 0 amide bonds. The minimum atomic E-state index is -0.992. The lowest BCUT2D eigenvalue weighted by Gasteiger charge is -2.08. The first-order valence-electron chi connectivity index (χ1n) is 5.61. The van der Waals surface area contributed by atoms with E-state index in [9.17, 15) is 9.00 Å². The van der Waals surface area contributed by atoms with Gasteiger partial charge in [0.05, 0.1) is 26.2 Å². The predicted octanol–water partition coefficient (Wildman–Crippen LogP) is 0.597. The lowest BCUT2D eigenvalue weighted by molar-refractivity contribution is -0.144. The van der Waals surface area contributed by atoms with Crippen LogP contribution in [0.3, 0.4) is 0 Å². The zero-order valence-electron chi connectivity index (χ0n) is 10.8. The normalized spacial score (nSPS) is 14.3. The molecule has 0 N–H and O–H groups in total. The molecule has 17 heavy (non-hydrogen) atoms. The van der Waals surface area contributed by atoms with Crippen LogP contribution in [-0.4, -0.2) is 55.7 Å². The molecule has 102 valence electrons. The molecule has 0 rings (SSSR count). The van der Waals surface area contributed by atoms with Crippen molar-refractivity contribution in [3.63, 3.8) is 0 Å². The van der Waals surface area contributed by atoms with Crippen LogP contribution >= 0.6 is 0 Å². The Kier molecular flexibility index (Phi) is 10.4. The summed E-state index contributed by atoms with van der Waals surface area (Å²) in [4.78, 5) is 11.1. The molecule has 0 saturated heterocycles. The smallest absolute Gasteiger partial charge is 0.309 e. The van der Waals surface area contributed by atoms with Crippen molar-refractivity contribution in [1.82, 2.24) is 0 Å². The third-order valence-corrected chi connectivity index (χ3v) is 3.75. The molecule has 6 heteroatoms. The highest BCUT2D eigenvalue weighted by Gasteiger charge is 2.15. The van der Waals surface area contributed by atoms with E-state index in [4.69, 9.17) is 9.47 Å². The van der Waals surface area contributed by atoms with Crippen LogP contribution in [-0.2, 0) is 29.8 Å². The number of carbonyl (C=O) groups is 1. The number of hydrogen-bond acceptors (Lipinski definition) is 5. The molecule has 0 saturated carbocycles. The van der Waals surface area contributed by atoms with Gasteiger partial charge < -0.3 is 14.2 Å². The van der Waals surface area contributed by atoms with E-state index in [1.165, 1.54) is 7.11 Å². The van der Waals surface area contributed by atoms with Crippen LogP contribution in [0.15, 0.2) is 0 Å². The van der Waals surface area contributed by atoms with Crippen molar-refractivity contribution in [2.24, 2.45) is 5.92 Å². The average molecular weight is 266 g/mol. The van der Waals surface area contributed by atoms with E-state index in [1.54, 1.807) is 14.0 Å². The Morgan fingerprint density at radius 2 is 1.94 bits per heavy atom. The minimum absolute atomic E-state index is 0.310. The van der Waals surface area contributed by atoms with E-state index in [2.05, 4.69) is 4.74 Å². The highest BCUT2D eigenvalue weighted by Crippen LogP contribution is 2.02. The van der Waals surface area contributed by atoms with Crippen LogP contribution in [0.1, 0.15) is 13.3 Å². The van der Waals surface area contributed by atoms with E-state index in [-0.39, 0.29) is 11.9 Å². The van der Waals surface area contributed by atoms with Gasteiger partial charge in [0.15, 0.2) is 0 Å². The Hall–Kier alpha value is -0.460. The largest absolute Gasteiger partial charge is 0.469 e. The van der Waals surface area contributed by atoms with Gasteiger partial charge in [-0.2, -0.15) is 0 Å². The Balaban J connectivity index is 3.49. The summed E-state index contributed by atoms with van der Waals surface area (Å²) in [5.74, 6) is 0.281. The standard InChI is InChI=1S/C11H22O5S/c1-10(11(12)15-3)9-17(13)8-4-5-16-7-6-14-2/h10H,4-9H2,1-3H3. The molecule has 0 aliphatic rings. The van der Waals surface area contributed by atoms with Gasteiger partial charge in [0.1, 0.15) is 0 Å². The summed E-state index contributed by atoms with van der Waals surface area (Å²) < 4.78 is 26.2. The molecule has 2 atom stereocenters. The first kappa shape index (κ1) is 16.5. The number of esters is 1. The molecule has 0 aromatic heterocycles. The molecular weight excluding hydrogens is 244 g/mol. The maximum atomic E-state index is 11.6. The predicted molar refractivity (Wildman–Crippen MR) is 66.4 cm³/mol. The van der Waals surface area contributed by atoms with E-state index >= 15 is 0 Å². The Morgan fingerprint density at radius 1 is 1.24 bits per heavy atom. The average Bonchev–Trinajstić information content (AvgIpc) is 2.32. The summed E-state index contributed by atoms with van der Waals surface area (Å²) >= 11 is 0. The van der Waals surface area contributed by atoms with Crippen LogP contribution in [0, 0.1) is 5.92 Å². The van der Waals surface area contributed by atoms with Crippen molar-refractivity contribution in [2.75, 3.05) is 45.5 Å². The van der Waals surface area contributed by atoms with Crippen LogP contribution in [0.5, 0.6) is 0 Å². The minimum Gasteiger partial charge on any atom is -0.469 e. The third kappa shape index (κ3) is 9.26. The van der Waals surface area contributed by atoms with Crippen LogP contribution < -0.4 is 0 Å². The fourth-order valence-corrected chi connectivity index (χ4v) is 2.50. The number of methoxy groups -OCH3 is 2. The van der Waals surface area contributed by atoms with Crippen molar-refractivity contribution < 1.29 is 23.2 Å². The van der Waals surface area contributed by atoms with Crippen molar-refractivity contribution in [1.29, 1.82) is 0 Å². The molecule has 0 heterocycles. The third-order valence-electron chi connectivity index (χ3n) is 2.13. The van der Waals surface area contributed by atoms with E-state index in [0.29, 0.717) is 31.3 Å². The summed E-state index contributed by atoms with van der Waals surface area (Å²) in [6, 6.07) is 0. The Bertz CT molecular complexity index is 232. The SMILES string of the molecule is COCCOCCCS(=O)CC(C)C(=O)OC. The Labute approximate surface area is 105 Å². The second-order valence-corrected chi connectivity index (χ2v) is 5.31. The molecule has 0 fully saturated rings. The van der Waals surface area contributed by atoms with E-state index in [0.717, 1.165) is 6.42 Å². The molecule has 5 nitrogen and oxygen atoms in total. The van der Waals surface area contributed by atoms with Crippen LogP contribution in [0.2, 0.25) is 0 Å². The molecule has 0 aromatic rings. The van der Waals surface area contributed by atoms with Gasteiger partial charge in [-0.1, -0.05) is 6.92 Å². The summed E-state index contributed by atoms with van der Waals surface area (Å²) in [5.41, 5.74) is 0. The van der Waals surface area contributed by atoms with E-state index in [1.807, 2.05) is 0 Å². The number of hydrogen-bond donors (Lipinski definition) is 0. The first-order valence-corrected chi connectivity index (χ1v) is 7.10. The van der Waals surface area contributed by atoms with Gasteiger partial charge in [0.2, 0.25) is 0 Å². The molecule has 0 bridgehead atoms. The molecule has 0 aliphatic carbocycles. The number of rotatable bonds is 10. The van der Waals surface area contributed by atoms with Crippen molar-refractivity contribution in [3.8, 4) is 0 Å². The quantitative estimate of drug-likeness (QED) is 0.428. The molecule has 0 aliphatic heterocycles. The van der Waals surface area contributed by atoms with Gasteiger partial charge in [-0.05, 0) is 6.42 Å². The summed E-state index contributed by atoms with van der Waals surface area (Å²) in [6.45, 7) is 3.42. The van der Waals surface area contributed by atoms with Gasteiger partial charge in [-0.15, -0.1) is 0 Å². The highest BCUT2D eigenvalue weighted by atomic mass is 32.2. The zero-order chi connectivity index (χ0) is 13.1. The number of ether oxygens (including phenoxy) is 3. The topological polar surface area (TPSA) is 61.8 Å². The van der Waals surface area contributed by atoms with Crippen LogP contribution in [0.4, 0.5) is 0 Å². The molecular formula is C11H22O5S. The van der Waals surface area contributed by atoms with Gasteiger partial charge in [0.25, 0.3) is 0 Å². The van der Waals surface area contributed by atoms with Crippen LogP contribution in [0.25, 0.3) is 0 Å². The second kappa shape index (κ2) is 10.7. The zero-order valence-corrected chi connectivity index (χ0v) is 11.6. The van der Waals surface area contributed by atoms with Crippen molar-refractivity contribution in [3.05, 3.63) is 0 Å². The Morgan fingerprint density at radius 3 is 2.53 bits per heavy atom. The molecule has 0 radical (unpaired) electrons. The second-order valence-electron chi connectivity index (χ2n) is 3.69.